The van der Waals surface area contributed by atoms with Crippen LogP contribution in [0.4, 0.5) is 0 Å². The van der Waals surface area contributed by atoms with Gasteiger partial charge < -0.3 is 4.74 Å². The van der Waals surface area contributed by atoms with Gasteiger partial charge in [-0.15, -0.1) is 0 Å². The SMILES string of the molecule is CCOC(=O)C1CCn2ncc(Br)c2C1=O. The summed E-state index contributed by atoms with van der Waals surface area (Å²) in [4.78, 5) is 23.6. The highest BCUT2D eigenvalue weighted by Gasteiger charge is 2.36. The summed E-state index contributed by atoms with van der Waals surface area (Å²) in [5, 5.41) is 4.04. The number of nitrogens with zero attached hydrogens (tertiary/aromatic N) is 2. The third kappa shape index (κ3) is 1.77. The number of carbonyl (C=O) groups is 2. The second-order valence-electron chi connectivity index (χ2n) is 3.52. The van der Waals surface area contributed by atoms with Crippen molar-refractivity contribution >= 4 is 27.7 Å². The first kappa shape index (κ1) is 11.3. The molecule has 1 aromatic rings. The molecule has 0 saturated heterocycles. The van der Waals surface area contributed by atoms with E-state index in [1.165, 1.54) is 0 Å². The van der Waals surface area contributed by atoms with E-state index >= 15 is 0 Å². The van der Waals surface area contributed by atoms with Crippen molar-refractivity contribution in [3.05, 3.63) is 16.4 Å². The highest BCUT2D eigenvalue weighted by molar-refractivity contribution is 9.10. The Morgan fingerprint density at radius 3 is 3.19 bits per heavy atom. The molecule has 86 valence electrons. The van der Waals surface area contributed by atoms with E-state index in [0.717, 1.165) is 0 Å². The number of carbonyl (C=O) groups excluding carboxylic acids is 2. The molecule has 5 nitrogen and oxygen atoms in total. The fourth-order valence-corrected chi connectivity index (χ4v) is 2.28. The zero-order valence-electron chi connectivity index (χ0n) is 8.77. The van der Waals surface area contributed by atoms with Crippen LogP contribution in [0.5, 0.6) is 0 Å². The Bertz CT molecular complexity index is 441. The van der Waals surface area contributed by atoms with E-state index in [0.29, 0.717) is 29.7 Å². The average molecular weight is 287 g/mol. The van der Waals surface area contributed by atoms with Crippen molar-refractivity contribution < 1.29 is 14.3 Å². The summed E-state index contributed by atoms with van der Waals surface area (Å²) in [6.07, 6.45) is 2.03. The predicted molar refractivity (Wildman–Crippen MR) is 59.0 cm³/mol. The normalized spacial score (nSPS) is 19.4. The van der Waals surface area contributed by atoms with Crippen LogP contribution in [0.1, 0.15) is 23.8 Å². The number of ether oxygens (including phenoxy) is 1. The lowest BCUT2D eigenvalue weighted by atomic mass is 9.95. The summed E-state index contributed by atoms with van der Waals surface area (Å²) in [5.74, 6) is -1.33. The molecule has 1 aliphatic heterocycles. The molecular formula is C10H11BrN2O3. The van der Waals surface area contributed by atoms with Crippen molar-refractivity contribution in [1.29, 1.82) is 0 Å². The largest absolute Gasteiger partial charge is 0.465 e. The smallest absolute Gasteiger partial charge is 0.316 e. The number of halogens is 1. The maximum Gasteiger partial charge on any atom is 0.316 e. The molecule has 0 bridgehead atoms. The molecule has 0 amide bonds. The maximum absolute atomic E-state index is 12.0. The van der Waals surface area contributed by atoms with Crippen LogP contribution in [0.3, 0.4) is 0 Å². The number of Topliss-reactive ketones (excluding diaryl/α,β-unsaturated/α-hetero) is 1. The molecular weight excluding hydrogens is 276 g/mol. The van der Waals surface area contributed by atoms with Crippen LogP contribution < -0.4 is 0 Å². The average Bonchev–Trinajstić information content (AvgIpc) is 2.62. The van der Waals surface area contributed by atoms with Gasteiger partial charge in [0.2, 0.25) is 0 Å². The monoisotopic (exact) mass is 286 g/mol. The fourth-order valence-electron chi connectivity index (χ4n) is 1.79. The Hall–Kier alpha value is -1.17. The lowest BCUT2D eigenvalue weighted by Crippen LogP contribution is -2.33. The molecule has 0 radical (unpaired) electrons. The molecule has 0 spiro atoms. The molecule has 16 heavy (non-hydrogen) atoms. The lowest BCUT2D eigenvalue weighted by molar-refractivity contribution is -0.146. The van der Waals surface area contributed by atoms with E-state index in [9.17, 15) is 9.59 Å². The van der Waals surface area contributed by atoms with E-state index in [2.05, 4.69) is 21.0 Å². The number of hydrogen-bond acceptors (Lipinski definition) is 4. The second kappa shape index (κ2) is 4.37. The van der Waals surface area contributed by atoms with Crippen molar-refractivity contribution in [3.8, 4) is 0 Å². The third-order valence-electron chi connectivity index (χ3n) is 2.55. The number of aryl methyl sites for hydroxylation is 1. The van der Waals surface area contributed by atoms with Gasteiger partial charge in [-0.25, -0.2) is 0 Å². The number of esters is 1. The second-order valence-corrected chi connectivity index (χ2v) is 4.38. The standard InChI is InChI=1S/C10H11BrN2O3/c1-2-16-10(15)6-3-4-13-8(9(6)14)7(11)5-12-13/h5-6H,2-4H2,1H3. The van der Waals surface area contributed by atoms with Crippen LogP contribution in [0, 0.1) is 5.92 Å². The van der Waals surface area contributed by atoms with Crippen molar-refractivity contribution in [2.75, 3.05) is 6.61 Å². The van der Waals surface area contributed by atoms with E-state index in [1.54, 1.807) is 17.8 Å². The molecule has 2 rings (SSSR count). The molecule has 0 aliphatic carbocycles. The molecule has 2 heterocycles. The summed E-state index contributed by atoms with van der Waals surface area (Å²) in [6.45, 7) is 2.59. The van der Waals surface area contributed by atoms with Gasteiger partial charge in [-0.1, -0.05) is 0 Å². The van der Waals surface area contributed by atoms with Gasteiger partial charge in [-0.2, -0.15) is 5.10 Å². The number of aromatic nitrogens is 2. The molecule has 1 aliphatic rings. The summed E-state index contributed by atoms with van der Waals surface area (Å²) in [5.41, 5.74) is 0.462. The van der Waals surface area contributed by atoms with Gasteiger partial charge in [0, 0.05) is 6.54 Å². The van der Waals surface area contributed by atoms with Crippen LogP contribution in [-0.4, -0.2) is 28.1 Å². The zero-order valence-corrected chi connectivity index (χ0v) is 10.4. The van der Waals surface area contributed by atoms with Crippen LogP contribution >= 0.6 is 15.9 Å². The first-order valence-corrected chi connectivity index (χ1v) is 5.86. The molecule has 1 unspecified atom stereocenters. The number of fused-ring (bicyclic) bond motifs is 1. The molecule has 0 aromatic carbocycles. The van der Waals surface area contributed by atoms with Crippen LogP contribution in [-0.2, 0) is 16.1 Å². The third-order valence-corrected chi connectivity index (χ3v) is 3.13. The van der Waals surface area contributed by atoms with Gasteiger partial charge in [0.05, 0.1) is 17.3 Å². The Morgan fingerprint density at radius 2 is 2.50 bits per heavy atom. The summed E-state index contributed by atoms with van der Waals surface area (Å²) < 4.78 is 7.12. The summed E-state index contributed by atoms with van der Waals surface area (Å²) >= 11 is 3.25. The molecule has 0 N–H and O–H groups in total. The van der Waals surface area contributed by atoms with Crippen LogP contribution in [0.25, 0.3) is 0 Å². The highest BCUT2D eigenvalue weighted by Crippen LogP contribution is 2.26. The zero-order chi connectivity index (χ0) is 11.7. The molecule has 0 fully saturated rings. The van der Waals surface area contributed by atoms with Crippen molar-refractivity contribution in [2.45, 2.75) is 19.9 Å². The maximum atomic E-state index is 12.0. The van der Waals surface area contributed by atoms with Crippen LogP contribution in [0.2, 0.25) is 0 Å². The van der Waals surface area contributed by atoms with Crippen LogP contribution in [0.15, 0.2) is 10.7 Å². The fraction of sp³-hybridized carbons (Fsp3) is 0.500. The van der Waals surface area contributed by atoms with Gasteiger partial charge in [0.15, 0.2) is 5.78 Å². The summed E-state index contributed by atoms with van der Waals surface area (Å²) in [7, 11) is 0. The minimum absolute atomic E-state index is 0.214. The molecule has 0 saturated carbocycles. The van der Waals surface area contributed by atoms with Crippen molar-refractivity contribution in [1.82, 2.24) is 9.78 Å². The number of rotatable bonds is 2. The Morgan fingerprint density at radius 1 is 1.75 bits per heavy atom. The van der Waals surface area contributed by atoms with E-state index in [-0.39, 0.29) is 5.78 Å². The van der Waals surface area contributed by atoms with E-state index in [4.69, 9.17) is 4.74 Å². The Kier molecular flexibility index (Phi) is 3.09. The minimum atomic E-state index is -0.680. The quantitative estimate of drug-likeness (QED) is 0.609. The number of ketones is 1. The predicted octanol–water partition coefficient (Wildman–Crippen LogP) is 1.41. The van der Waals surface area contributed by atoms with Gasteiger partial charge in [0.25, 0.3) is 0 Å². The van der Waals surface area contributed by atoms with Crippen molar-refractivity contribution in [3.63, 3.8) is 0 Å². The van der Waals surface area contributed by atoms with E-state index < -0.39 is 11.9 Å². The first-order chi connectivity index (χ1) is 7.65. The van der Waals surface area contributed by atoms with Gasteiger partial charge in [-0.3, -0.25) is 14.3 Å². The molecule has 6 heteroatoms. The minimum Gasteiger partial charge on any atom is -0.465 e. The molecule has 1 atom stereocenters. The Labute approximate surface area is 101 Å². The molecule has 1 aromatic heterocycles. The topological polar surface area (TPSA) is 61.2 Å². The van der Waals surface area contributed by atoms with Gasteiger partial charge in [-0.05, 0) is 29.3 Å². The summed E-state index contributed by atoms with van der Waals surface area (Å²) in [6, 6.07) is 0. The number of hydrogen-bond donors (Lipinski definition) is 0. The van der Waals surface area contributed by atoms with E-state index in [1.807, 2.05) is 0 Å². The highest BCUT2D eigenvalue weighted by atomic mass is 79.9. The Balaban J connectivity index is 2.27. The first-order valence-electron chi connectivity index (χ1n) is 5.07. The lowest BCUT2D eigenvalue weighted by Gasteiger charge is -2.20. The van der Waals surface area contributed by atoms with Gasteiger partial charge >= 0.3 is 5.97 Å². The van der Waals surface area contributed by atoms with Crippen molar-refractivity contribution in [2.24, 2.45) is 5.92 Å². The van der Waals surface area contributed by atoms with Gasteiger partial charge in [0.1, 0.15) is 11.6 Å².